The van der Waals surface area contributed by atoms with Crippen LogP contribution in [0.5, 0.6) is 0 Å². The van der Waals surface area contributed by atoms with Gasteiger partial charge in [-0.15, -0.1) is 0 Å². The topological polar surface area (TPSA) is 63.8 Å². The fraction of sp³-hybridized carbons (Fsp3) is 0.0909. The average Bonchev–Trinajstić information content (AvgIpc) is 2.31. The Bertz CT molecular complexity index is 557. The van der Waals surface area contributed by atoms with Crippen LogP contribution < -0.4 is 11.1 Å². The smallest absolute Gasteiger partial charge is 0.222 e. The standard InChI is InChI=1S/C11H10Cl2N4/c1-15-10-5-9(16-11(14)17-10)7-4-6(12)2-3-8(7)13/h2-5H,1H3,(H3,14,15,16,17). The van der Waals surface area contributed by atoms with Gasteiger partial charge in [-0.05, 0) is 18.2 Å². The van der Waals surface area contributed by atoms with Crippen LogP contribution in [-0.4, -0.2) is 17.0 Å². The molecule has 0 spiro atoms. The number of nitrogens with two attached hydrogens (primary N) is 1. The molecule has 2 rings (SSSR count). The lowest BCUT2D eigenvalue weighted by atomic mass is 10.1. The third-order valence-electron chi connectivity index (χ3n) is 2.20. The van der Waals surface area contributed by atoms with E-state index < -0.39 is 0 Å². The second-order valence-corrected chi connectivity index (χ2v) is 4.21. The normalized spacial score (nSPS) is 10.3. The van der Waals surface area contributed by atoms with Gasteiger partial charge in [-0.3, -0.25) is 0 Å². The van der Waals surface area contributed by atoms with E-state index >= 15 is 0 Å². The number of benzene rings is 1. The summed E-state index contributed by atoms with van der Waals surface area (Å²) in [6, 6.07) is 6.94. The molecule has 0 aliphatic carbocycles. The van der Waals surface area contributed by atoms with Crippen molar-refractivity contribution >= 4 is 35.0 Å². The molecule has 1 heterocycles. The highest BCUT2D eigenvalue weighted by Crippen LogP contribution is 2.30. The van der Waals surface area contributed by atoms with Crippen molar-refractivity contribution in [1.29, 1.82) is 0 Å². The maximum Gasteiger partial charge on any atom is 0.222 e. The minimum absolute atomic E-state index is 0.183. The number of nitrogens with zero attached hydrogens (tertiary/aromatic N) is 2. The molecule has 0 fully saturated rings. The summed E-state index contributed by atoms with van der Waals surface area (Å²) in [5.41, 5.74) is 6.98. The molecule has 2 aromatic rings. The van der Waals surface area contributed by atoms with Crippen LogP contribution in [0.1, 0.15) is 0 Å². The van der Waals surface area contributed by atoms with Crippen molar-refractivity contribution in [2.45, 2.75) is 0 Å². The van der Waals surface area contributed by atoms with Gasteiger partial charge in [0.25, 0.3) is 0 Å². The van der Waals surface area contributed by atoms with Gasteiger partial charge in [0.1, 0.15) is 5.82 Å². The maximum absolute atomic E-state index is 6.10. The van der Waals surface area contributed by atoms with Crippen LogP contribution in [0.4, 0.5) is 11.8 Å². The number of rotatable bonds is 2. The van der Waals surface area contributed by atoms with E-state index in [2.05, 4.69) is 15.3 Å². The summed E-state index contributed by atoms with van der Waals surface area (Å²) >= 11 is 12.0. The molecule has 0 saturated heterocycles. The van der Waals surface area contributed by atoms with Crippen LogP contribution in [0.2, 0.25) is 10.0 Å². The summed E-state index contributed by atoms with van der Waals surface area (Å²) in [6.45, 7) is 0. The molecule has 0 bridgehead atoms. The Kier molecular flexibility index (Phi) is 3.36. The van der Waals surface area contributed by atoms with Gasteiger partial charge in [0.15, 0.2) is 0 Å². The average molecular weight is 269 g/mol. The van der Waals surface area contributed by atoms with Crippen LogP contribution in [0, 0.1) is 0 Å². The lowest BCUT2D eigenvalue weighted by molar-refractivity contribution is 1.18. The molecule has 0 aliphatic heterocycles. The minimum atomic E-state index is 0.183. The third-order valence-corrected chi connectivity index (χ3v) is 2.77. The number of halogens is 2. The van der Waals surface area contributed by atoms with Crippen LogP contribution in [0.25, 0.3) is 11.3 Å². The lowest BCUT2D eigenvalue weighted by Gasteiger charge is -2.07. The fourth-order valence-electron chi connectivity index (χ4n) is 1.43. The van der Waals surface area contributed by atoms with Crippen LogP contribution in [-0.2, 0) is 0 Å². The van der Waals surface area contributed by atoms with Gasteiger partial charge in [-0.1, -0.05) is 23.2 Å². The number of aromatic nitrogens is 2. The van der Waals surface area contributed by atoms with E-state index in [0.29, 0.717) is 21.6 Å². The van der Waals surface area contributed by atoms with Crippen LogP contribution in [0.3, 0.4) is 0 Å². The first-order chi connectivity index (χ1) is 8.10. The van der Waals surface area contributed by atoms with E-state index in [4.69, 9.17) is 28.9 Å². The Morgan fingerprint density at radius 1 is 1.18 bits per heavy atom. The summed E-state index contributed by atoms with van der Waals surface area (Å²) in [5, 5.41) is 4.06. The second-order valence-electron chi connectivity index (χ2n) is 3.37. The molecule has 0 atom stereocenters. The van der Waals surface area contributed by atoms with Gasteiger partial charge in [-0.25, -0.2) is 4.98 Å². The molecule has 4 nitrogen and oxygen atoms in total. The van der Waals surface area contributed by atoms with Gasteiger partial charge in [0, 0.05) is 23.7 Å². The van der Waals surface area contributed by atoms with Crippen LogP contribution in [0.15, 0.2) is 24.3 Å². The maximum atomic E-state index is 6.10. The Morgan fingerprint density at radius 3 is 2.65 bits per heavy atom. The highest BCUT2D eigenvalue weighted by molar-refractivity contribution is 6.35. The van der Waals surface area contributed by atoms with Crippen molar-refractivity contribution < 1.29 is 0 Å². The Morgan fingerprint density at radius 2 is 1.94 bits per heavy atom. The number of nitrogen functional groups attached to an aromatic ring is 1. The quantitative estimate of drug-likeness (QED) is 0.879. The largest absolute Gasteiger partial charge is 0.373 e. The zero-order valence-electron chi connectivity index (χ0n) is 9.04. The van der Waals surface area contributed by atoms with Crippen molar-refractivity contribution in [2.24, 2.45) is 0 Å². The molecule has 1 aromatic carbocycles. The monoisotopic (exact) mass is 268 g/mol. The van der Waals surface area contributed by atoms with E-state index in [0.717, 1.165) is 5.56 Å². The zero-order valence-corrected chi connectivity index (χ0v) is 10.5. The fourth-order valence-corrected chi connectivity index (χ4v) is 1.81. The predicted molar refractivity (Wildman–Crippen MR) is 71.4 cm³/mol. The number of nitrogens with one attached hydrogen (secondary N) is 1. The van der Waals surface area contributed by atoms with E-state index in [1.807, 2.05) is 0 Å². The molecule has 3 N–H and O–H groups in total. The molecule has 1 aromatic heterocycles. The van der Waals surface area contributed by atoms with Crippen LogP contribution >= 0.6 is 23.2 Å². The third kappa shape index (κ3) is 2.60. The molecule has 17 heavy (non-hydrogen) atoms. The molecule has 0 amide bonds. The van der Waals surface area contributed by atoms with Crippen molar-refractivity contribution in [2.75, 3.05) is 18.1 Å². The SMILES string of the molecule is CNc1cc(-c2cc(Cl)ccc2Cl)nc(N)n1. The molecule has 0 unspecified atom stereocenters. The van der Waals surface area contributed by atoms with Crippen molar-refractivity contribution in [3.63, 3.8) is 0 Å². The molecular weight excluding hydrogens is 259 g/mol. The minimum Gasteiger partial charge on any atom is -0.373 e. The van der Waals surface area contributed by atoms with Gasteiger partial charge in [-0.2, -0.15) is 4.98 Å². The van der Waals surface area contributed by atoms with E-state index in [1.165, 1.54) is 0 Å². The summed E-state index contributed by atoms with van der Waals surface area (Å²) in [5.74, 6) is 0.812. The number of anilines is 2. The summed E-state index contributed by atoms with van der Waals surface area (Å²) in [7, 11) is 1.76. The van der Waals surface area contributed by atoms with E-state index in [1.54, 1.807) is 31.3 Å². The highest BCUT2D eigenvalue weighted by Gasteiger charge is 2.08. The lowest BCUT2D eigenvalue weighted by Crippen LogP contribution is -2.01. The van der Waals surface area contributed by atoms with Gasteiger partial charge < -0.3 is 11.1 Å². The molecular formula is C11H10Cl2N4. The predicted octanol–water partition coefficient (Wildman–Crippen LogP) is 3.07. The molecule has 0 aliphatic rings. The Hall–Kier alpha value is -1.52. The van der Waals surface area contributed by atoms with Crippen molar-refractivity contribution in [3.05, 3.63) is 34.3 Å². The number of hydrogen-bond donors (Lipinski definition) is 2. The summed E-state index contributed by atoms with van der Waals surface area (Å²) in [6.07, 6.45) is 0. The summed E-state index contributed by atoms with van der Waals surface area (Å²) < 4.78 is 0. The summed E-state index contributed by atoms with van der Waals surface area (Å²) in [4.78, 5) is 8.15. The van der Waals surface area contributed by atoms with Crippen molar-refractivity contribution in [1.82, 2.24) is 9.97 Å². The van der Waals surface area contributed by atoms with Crippen molar-refractivity contribution in [3.8, 4) is 11.3 Å². The molecule has 0 saturated carbocycles. The van der Waals surface area contributed by atoms with Gasteiger partial charge >= 0.3 is 0 Å². The molecule has 6 heteroatoms. The first-order valence-electron chi connectivity index (χ1n) is 4.88. The van der Waals surface area contributed by atoms with Gasteiger partial charge in [0.05, 0.1) is 10.7 Å². The van der Waals surface area contributed by atoms with E-state index in [9.17, 15) is 0 Å². The van der Waals surface area contributed by atoms with Gasteiger partial charge in [0.2, 0.25) is 5.95 Å². The second kappa shape index (κ2) is 4.77. The zero-order chi connectivity index (χ0) is 12.4. The number of hydrogen-bond acceptors (Lipinski definition) is 4. The Labute approximate surface area is 109 Å². The highest BCUT2D eigenvalue weighted by atomic mass is 35.5. The molecule has 88 valence electrons. The first-order valence-corrected chi connectivity index (χ1v) is 5.63. The van der Waals surface area contributed by atoms with E-state index in [-0.39, 0.29) is 5.95 Å². The first kappa shape index (κ1) is 12.0. The Balaban J connectivity index is 2.59. The molecule has 0 radical (unpaired) electrons.